The van der Waals surface area contributed by atoms with E-state index in [-0.39, 0.29) is 11.9 Å². The number of hydrogen-bond acceptors (Lipinski definition) is 3. The number of hydroxylamine groups is 2. The van der Waals surface area contributed by atoms with Crippen molar-refractivity contribution in [3.05, 3.63) is 0 Å². The summed E-state index contributed by atoms with van der Waals surface area (Å²) in [5, 5.41) is 1.57. The quantitative estimate of drug-likeness (QED) is 0.685. The lowest BCUT2D eigenvalue weighted by Crippen LogP contribution is -2.49. The molecule has 2 fully saturated rings. The number of hydrogen-bond donors (Lipinski definition) is 0. The SMILES string of the molecule is CCN1CCCCC1C(=O)N1CCCO1. The largest absolute Gasteiger partial charge is 0.292 e. The van der Waals surface area contributed by atoms with E-state index in [1.165, 1.54) is 12.8 Å². The van der Waals surface area contributed by atoms with Crippen molar-refractivity contribution in [3.8, 4) is 0 Å². The standard InChI is InChI=1S/C11H20N2O2/c1-2-12-7-4-3-6-10(12)11(14)13-8-5-9-15-13/h10H,2-9H2,1H3. The second kappa shape index (κ2) is 4.94. The molecule has 15 heavy (non-hydrogen) atoms. The van der Waals surface area contributed by atoms with Crippen molar-refractivity contribution in [2.45, 2.75) is 38.6 Å². The van der Waals surface area contributed by atoms with Gasteiger partial charge in [0.15, 0.2) is 0 Å². The third kappa shape index (κ3) is 2.32. The molecule has 2 aliphatic heterocycles. The minimum Gasteiger partial charge on any atom is -0.292 e. The molecule has 0 spiro atoms. The third-order valence-electron chi connectivity index (χ3n) is 3.30. The van der Waals surface area contributed by atoms with Gasteiger partial charge >= 0.3 is 0 Å². The van der Waals surface area contributed by atoms with Crippen LogP contribution in [-0.2, 0) is 9.63 Å². The Morgan fingerprint density at radius 1 is 1.33 bits per heavy atom. The zero-order chi connectivity index (χ0) is 10.7. The van der Waals surface area contributed by atoms with Crippen LogP contribution in [-0.4, -0.2) is 48.2 Å². The number of nitrogens with zero attached hydrogens (tertiary/aromatic N) is 2. The minimum atomic E-state index is 0.0712. The van der Waals surface area contributed by atoms with Crippen LogP contribution in [0.15, 0.2) is 0 Å². The third-order valence-corrected chi connectivity index (χ3v) is 3.30. The molecule has 2 saturated heterocycles. The van der Waals surface area contributed by atoms with Gasteiger partial charge in [0.05, 0.1) is 19.2 Å². The van der Waals surface area contributed by atoms with Crippen LogP contribution in [0.1, 0.15) is 32.6 Å². The monoisotopic (exact) mass is 212 g/mol. The Morgan fingerprint density at radius 3 is 2.87 bits per heavy atom. The molecule has 1 atom stereocenters. The van der Waals surface area contributed by atoms with Gasteiger partial charge in [0, 0.05) is 0 Å². The average molecular weight is 212 g/mol. The topological polar surface area (TPSA) is 32.8 Å². The number of piperidine rings is 1. The van der Waals surface area contributed by atoms with Crippen LogP contribution in [0.25, 0.3) is 0 Å². The number of rotatable bonds is 2. The number of amides is 1. The maximum atomic E-state index is 12.1. The van der Waals surface area contributed by atoms with E-state index in [2.05, 4.69) is 11.8 Å². The second-order valence-electron chi connectivity index (χ2n) is 4.27. The fourth-order valence-corrected chi connectivity index (χ4v) is 2.44. The van der Waals surface area contributed by atoms with Crippen LogP contribution in [0.5, 0.6) is 0 Å². The Bertz CT molecular complexity index is 227. The van der Waals surface area contributed by atoms with Crippen LogP contribution in [0, 0.1) is 0 Å². The van der Waals surface area contributed by atoms with Gasteiger partial charge in [-0.05, 0) is 32.4 Å². The van der Waals surface area contributed by atoms with Crippen molar-refractivity contribution < 1.29 is 9.63 Å². The Balaban J connectivity index is 1.96. The summed E-state index contributed by atoms with van der Waals surface area (Å²) in [6.07, 6.45) is 4.36. The first kappa shape index (κ1) is 10.9. The lowest BCUT2D eigenvalue weighted by Gasteiger charge is -2.35. The summed E-state index contributed by atoms with van der Waals surface area (Å²) in [5.41, 5.74) is 0. The van der Waals surface area contributed by atoms with Crippen LogP contribution < -0.4 is 0 Å². The normalized spacial score (nSPS) is 28.3. The van der Waals surface area contributed by atoms with Gasteiger partial charge in [0.1, 0.15) is 0 Å². The van der Waals surface area contributed by atoms with Gasteiger partial charge in [0.2, 0.25) is 0 Å². The predicted octanol–water partition coefficient (Wildman–Crippen LogP) is 1.02. The molecule has 2 aliphatic rings. The maximum absolute atomic E-state index is 12.1. The Kier molecular flexibility index (Phi) is 3.59. The molecule has 2 heterocycles. The molecule has 0 aliphatic carbocycles. The van der Waals surface area contributed by atoms with E-state index in [1.807, 2.05) is 0 Å². The molecule has 0 aromatic carbocycles. The summed E-state index contributed by atoms with van der Waals surface area (Å²) in [5.74, 6) is 0.175. The second-order valence-corrected chi connectivity index (χ2v) is 4.27. The molecular weight excluding hydrogens is 192 g/mol. The molecule has 86 valence electrons. The number of carbonyl (C=O) groups excluding carboxylic acids is 1. The molecule has 0 radical (unpaired) electrons. The highest BCUT2D eigenvalue weighted by Crippen LogP contribution is 2.20. The smallest absolute Gasteiger partial charge is 0.263 e. The van der Waals surface area contributed by atoms with E-state index in [0.717, 1.165) is 32.5 Å². The van der Waals surface area contributed by atoms with Crippen molar-refractivity contribution in [3.63, 3.8) is 0 Å². The van der Waals surface area contributed by atoms with Crippen LogP contribution >= 0.6 is 0 Å². The summed E-state index contributed by atoms with van der Waals surface area (Å²) in [7, 11) is 0. The Hall–Kier alpha value is -0.610. The Morgan fingerprint density at radius 2 is 2.20 bits per heavy atom. The summed E-state index contributed by atoms with van der Waals surface area (Å²) in [4.78, 5) is 19.7. The molecule has 0 aromatic heterocycles. The van der Waals surface area contributed by atoms with Crippen LogP contribution in [0.3, 0.4) is 0 Å². The lowest BCUT2D eigenvalue weighted by molar-refractivity contribution is -0.175. The first-order valence-electron chi connectivity index (χ1n) is 6.01. The van der Waals surface area contributed by atoms with Gasteiger partial charge < -0.3 is 0 Å². The van der Waals surface area contributed by atoms with E-state index in [9.17, 15) is 4.79 Å². The first-order valence-corrected chi connectivity index (χ1v) is 6.01. The van der Waals surface area contributed by atoms with E-state index in [4.69, 9.17) is 4.84 Å². The van der Waals surface area contributed by atoms with Gasteiger partial charge in [-0.25, -0.2) is 5.06 Å². The zero-order valence-electron chi connectivity index (χ0n) is 9.45. The van der Waals surface area contributed by atoms with E-state index in [0.29, 0.717) is 6.61 Å². The first-order chi connectivity index (χ1) is 7.33. The summed E-state index contributed by atoms with van der Waals surface area (Å²) < 4.78 is 0. The fourth-order valence-electron chi connectivity index (χ4n) is 2.44. The van der Waals surface area contributed by atoms with Crippen molar-refractivity contribution in [2.75, 3.05) is 26.2 Å². The molecule has 4 nitrogen and oxygen atoms in total. The maximum Gasteiger partial charge on any atom is 0.263 e. The average Bonchev–Trinajstić information content (AvgIpc) is 2.81. The number of carbonyl (C=O) groups is 1. The summed E-state index contributed by atoms with van der Waals surface area (Å²) in [6.45, 7) is 5.61. The van der Waals surface area contributed by atoms with Gasteiger partial charge in [-0.1, -0.05) is 13.3 Å². The zero-order valence-corrected chi connectivity index (χ0v) is 9.45. The van der Waals surface area contributed by atoms with E-state index < -0.39 is 0 Å². The molecule has 1 unspecified atom stereocenters. The Labute approximate surface area is 91.1 Å². The molecule has 0 bridgehead atoms. The van der Waals surface area contributed by atoms with E-state index in [1.54, 1.807) is 5.06 Å². The molecule has 0 aromatic rings. The van der Waals surface area contributed by atoms with Crippen molar-refractivity contribution in [2.24, 2.45) is 0 Å². The fraction of sp³-hybridized carbons (Fsp3) is 0.909. The number of likely N-dealkylation sites (N-methyl/N-ethyl adjacent to an activating group) is 1. The van der Waals surface area contributed by atoms with Crippen LogP contribution in [0.2, 0.25) is 0 Å². The minimum absolute atomic E-state index is 0.0712. The molecule has 2 rings (SSSR count). The van der Waals surface area contributed by atoms with Crippen molar-refractivity contribution in [1.29, 1.82) is 0 Å². The number of likely N-dealkylation sites (tertiary alicyclic amines) is 1. The van der Waals surface area contributed by atoms with Crippen molar-refractivity contribution >= 4 is 5.91 Å². The van der Waals surface area contributed by atoms with Crippen molar-refractivity contribution in [1.82, 2.24) is 9.96 Å². The summed E-state index contributed by atoms with van der Waals surface area (Å²) >= 11 is 0. The highest BCUT2D eigenvalue weighted by atomic mass is 16.7. The molecule has 4 heteroatoms. The van der Waals surface area contributed by atoms with Gasteiger partial charge in [-0.3, -0.25) is 14.5 Å². The van der Waals surface area contributed by atoms with Crippen LogP contribution in [0.4, 0.5) is 0 Å². The summed E-state index contributed by atoms with van der Waals surface area (Å²) in [6, 6.07) is 0.0712. The molecule has 0 saturated carbocycles. The lowest BCUT2D eigenvalue weighted by atomic mass is 10.0. The van der Waals surface area contributed by atoms with Gasteiger partial charge in [-0.15, -0.1) is 0 Å². The van der Waals surface area contributed by atoms with Gasteiger partial charge in [-0.2, -0.15) is 0 Å². The molecule has 0 N–H and O–H groups in total. The molecule has 1 amide bonds. The van der Waals surface area contributed by atoms with E-state index >= 15 is 0 Å². The molecular formula is C11H20N2O2. The highest BCUT2D eigenvalue weighted by Gasteiger charge is 2.32. The van der Waals surface area contributed by atoms with Gasteiger partial charge in [0.25, 0.3) is 5.91 Å². The predicted molar refractivity (Wildman–Crippen MR) is 57.2 cm³/mol. The highest BCUT2D eigenvalue weighted by molar-refractivity contribution is 5.81.